The number of ether oxygens (including phenoxy) is 3. The Morgan fingerprint density at radius 1 is 1.02 bits per heavy atom. The van der Waals surface area contributed by atoms with E-state index in [0.29, 0.717) is 50.8 Å². The lowest BCUT2D eigenvalue weighted by molar-refractivity contribution is -0.274. The number of hydrogen-bond donors (Lipinski definition) is 1. The normalized spacial score (nSPS) is 20.9. The van der Waals surface area contributed by atoms with Gasteiger partial charge in [0.25, 0.3) is 0 Å². The molecule has 0 amide bonds. The first-order valence-electron chi connectivity index (χ1n) is 19.6. The van der Waals surface area contributed by atoms with Crippen LogP contribution < -0.4 is 9.47 Å². The molecular weight excluding hydrogens is 787 g/mol. The van der Waals surface area contributed by atoms with Crippen LogP contribution >= 0.6 is 0 Å². The lowest BCUT2D eigenvalue weighted by Crippen LogP contribution is -2.52. The van der Waals surface area contributed by atoms with Crippen molar-refractivity contribution < 1.29 is 59.6 Å². The van der Waals surface area contributed by atoms with Crippen molar-refractivity contribution in [1.29, 1.82) is 0 Å². The van der Waals surface area contributed by atoms with Gasteiger partial charge < -0.3 is 19.3 Å². The van der Waals surface area contributed by atoms with E-state index in [4.69, 9.17) is 9.47 Å². The first-order chi connectivity index (χ1) is 28.0. The number of fused-ring (bicyclic) bond motifs is 1. The minimum absolute atomic E-state index is 0.0431. The predicted octanol–water partition coefficient (Wildman–Crippen LogP) is 8.45. The highest BCUT2D eigenvalue weighted by atomic mass is 19.4. The molecular formula is C43H46F7N3O6. The maximum atomic E-state index is 15.5. The van der Waals surface area contributed by atoms with Crippen LogP contribution in [0.5, 0.6) is 11.5 Å². The first-order valence-corrected chi connectivity index (χ1v) is 19.6. The predicted molar refractivity (Wildman–Crippen MR) is 203 cm³/mol. The van der Waals surface area contributed by atoms with Crippen LogP contribution in [-0.2, 0) is 33.1 Å². The van der Waals surface area contributed by atoms with E-state index >= 15 is 8.78 Å². The summed E-state index contributed by atoms with van der Waals surface area (Å²) in [7, 11) is 0. The van der Waals surface area contributed by atoms with Crippen molar-refractivity contribution in [1.82, 2.24) is 14.8 Å². The Morgan fingerprint density at radius 2 is 1.73 bits per heavy atom. The third-order valence-corrected chi connectivity index (χ3v) is 11.3. The maximum Gasteiger partial charge on any atom is 0.573 e. The number of morpholine rings is 1. The zero-order chi connectivity index (χ0) is 42.5. The van der Waals surface area contributed by atoms with Crippen molar-refractivity contribution >= 4 is 11.6 Å². The summed E-state index contributed by atoms with van der Waals surface area (Å²) in [6.07, 6.45) is -3.41. The van der Waals surface area contributed by atoms with E-state index in [9.17, 15) is 36.6 Å². The summed E-state index contributed by atoms with van der Waals surface area (Å²) < 4.78 is 113. The molecule has 3 aromatic rings. The molecule has 0 bridgehead atoms. The summed E-state index contributed by atoms with van der Waals surface area (Å²) in [4.78, 5) is 35.7. The molecule has 3 aliphatic rings. The fourth-order valence-electron chi connectivity index (χ4n) is 8.12. The number of hydrogen-bond acceptors (Lipinski definition) is 9. The minimum atomic E-state index is -4.94. The number of aliphatic hydroxyl groups excluding tert-OH is 1. The van der Waals surface area contributed by atoms with Gasteiger partial charge in [-0.1, -0.05) is 18.7 Å². The summed E-state index contributed by atoms with van der Waals surface area (Å²) in [6.45, 7) is 8.72. The number of allylic oxidation sites excluding steroid dienone is 2. The van der Waals surface area contributed by atoms with Crippen molar-refractivity contribution in [3.63, 3.8) is 0 Å². The molecule has 0 radical (unpaired) electrons. The quantitative estimate of drug-likeness (QED) is 0.0919. The summed E-state index contributed by atoms with van der Waals surface area (Å²) in [5, 5.41) is 11.7. The largest absolute Gasteiger partial charge is 0.573 e. The van der Waals surface area contributed by atoms with Crippen molar-refractivity contribution in [2.75, 3.05) is 46.0 Å². The van der Waals surface area contributed by atoms with E-state index in [0.717, 1.165) is 31.3 Å². The number of benzene rings is 2. The van der Waals surface area contributed by atoms with Gasteiger partial charge in [-0.05, 0) is 106 Å². The SMILES string of the molecule is C=CC(F)(F)c1ccc(CCCC(=O)C2=C(O)C3(C)CCCN3C(Cc3ccc(OCCN4CCOCC4)c(F)c3F)CCC2=O)c(-c2ccc(OC(F)(F)F)cc2)n1. The second kappa shape index (κ2) is 18.2. The average molecular weight is 834 g/mol. The van der Waals surface area contributed by atoms with Gasteiger partial charge in [0.15, 0.2) is 23.1 Å². The molecule has 318 valence electrons. The summed E-state index contributed by atoms with van der Waals surface area (Å²) >= 11 is 0. The van der Waals surface area contributed by atoms with Gasteiger partial charge in [0.1, 0.15) is 23.8 Å². The molecule has 4 heterocycles. The molecule has 2 aromatic carbocycles. The number of aliphatic hydroxyl groups is 1. The molecule has 2 fully saturated rings. The third kappa shape index (κ3) is 10.2. The molecule has 2 unspecified atom stereocenters. The fraction of sp³-hybridized carbons (Fsp3) is 0.465. The van der Waals surface area contributed by atoms with Crippen molar-refractivity contribution in [3.05, 3.63) is 101 Å². The van der Waals surface area contributed by atoms with Gasteiger partial charge >= 0.3 is 12.3 Å². The van der Waals surface area contributed by atoms with Gasteiger partial charge in [0, 0.05) is 44.1 Å². The molecule has 0 saturated carbocycles. The highest BCUT2D eigenvalue weighted by Crippen LogP contribution is 2.42. The van der Waals surface area contributed by atoms with Crippen LogP contribution in [0.15, 0.2) is 72.5 Å². The van der Waals surface area contributed by atoms with Crippen LogP contribution in [0.3, 0.4) is 0 Å². The second-order valence-electron chi connectivity index (χ2n) is 15.1. The molecule has 59 heavy (non-hydrogen) atoms. The number of pyridine rings is 1. The van der Waals surface area contributed by atoms with Gasteiger partial charge in [-0.25, -0.2) is 9.37 Å². The van der Waals surface area contributed by atoms with E-state index in [2.05, 4.69) is 21.2 Å². The lowest BCUT2D eigenvalue weighted by Gasteiger charge is -2.42. The Kier molecular flexibility index (Phi) is 13.5. The van der Waals surface area contributed by atoms with Gasteiger partial charge in [-0.15, -0.1) is 13.2 Å². The highest BCUT2D eigenvalue weighted by molar-refractivity contribution is 6.20. The van der Waals surface area contributed by atoms with Gasteiger partial charge in [0.05, 0.1) is 30.0 Å². The number of ketones is 2. The molecule has 6 rings (SSSR count). The Hall–Kier alpha value is -4.80. The first kappa shape index (κ1) is 43.8. The fourth-order valence-corrected chi connectivity index (χ4v) is 8.12. The van der Waals surface area contributed by atoms with Crippen molar-refractivity contribution in [2.24, 2.45) is 0 Å². The summed E-state index contributed by atoms with van der Waals surface area (Å²) in [5.74, 6) is -7.97. The number of halogens is 7. The van der Waals surface area contributed by atoms with Crippen LogP contribution in [0, 0.1) is 11.6 Å². The number of carbonyl (C=O) groups excluding carboxylic acids is 2. The zero-order valence-electron chi connectivity index (χ0n) is 32.6. The Bertz CT molecular complexity index is 2050. The van der Waals surface area contributed by atoms with E-state index < -0.39 is 58.5 Å². The van der Waals surface area contributed by atoms with Gasteiger partial charge in [0.2, 0.25) is 5.82 Å². The maximum absolute atomic E-state index is 15.5. The number of Topliss-reactive ketones (excluding diaryl/α,β-unsaturated/α-hetero) is 2. The number of aryl methyl sites for hydroxylation is 1. The molecule has 2 saturated heterocycles. The van der Waals surface area contributed by atoms with E-state index in [1.807, 2.05) is 4.90 Å². The molecule has 3 aliphatic heterocycles. The van der Waals surface area contributed by atoms with Crippen LogP contribution in [0.1, 0.15) is 62.3 Å². The molecule has 1 aromatic heterocycles. The number of rotatable bonds is 15. The van der Waals surface area contributed by atoms with Gasteiger partial charge in [-0.2, -0.15) is 13.2 Å². The molecule has 2 atom stereocenters. The number of nitrogens with zero attached hydrogens (tertiary/aromatic N) is 3. The van der Waals surface area contributed by atoms with Crippen molar-refractivity contribution in [2.45, 2.75) is 82.2 Å². The van der Waals surface area contributed by atoms with Crippen LogP contribution in [0.2, 0.25) is 0 Å². The smallest absolute Gasteiger partial charge is 0.509 e. The van der Waals surface area contributed by atoms with Crippen LogP contribution in [-0.4, -0.2) is 95.4 Å². The highest BCUT2D eigenvalue weighted by Gasteiger charge is 2.48. The standard InChI is InChI=1S/C43H46F7N3O6/c1-3-42(46,47)35-17-11-27(39(51-35)28-8-13-31(14-9-28)59-43(48,49)50)6-4-7-32(54)36-33(55)15-12-30(53-19-5-18-41(53,2)40(36)56)26-29-10-16-34(38(45)37(29)44)58-25-22-52-20-23-57-24-21-52/h3,8-11,13-14,16-17,30,56H,1,4-7,12,15,18-26H2,2H3. The number of carbonyl (C=O) groups is 2. The molecule has 1 N–H and O–H groups in total. The minimum Gasteiger partial charge on any atom is -0.509 e. The molecule has 16 heteroatoms. The van der Waals surface area contributed by atoms with Crippen LogP contribution in [0.25, 0.3) is 11.3 Å². The average Bonchev–Trinajstić information content (AvgIpc) is 3.60. The molecule has 0 aliphatic carbocycles. The Morgan fingerprint density at radius 3 is 2.42 bits per heavy atom. The monoisotopic (exact) mass is 833 g/mol. The summed E-state index contributed by atoms with van der Waals surface area (Å²) in [5.41, 5.74) is -1.36. The molecule has 9 nitrogen and oxygen atoms in total. The Balaban J connectivity index is 1.16. The third-order valence-electron chi connectivity index (χ3n) is 11.3. The topological polar surface area (TPSA) is 101 Å². The van der Waals surface area contributed by atoms with E-state index in [1.165, 1.54) is 30.3 Å². The van der Waals surface area contributed by atoms with E-state index in [1.54, 1.807) is 6.92 Å². The molecule has 0 spiro atoms. The zero-order valence-corrected chi connectivity index (χ0v) is 32.6. The van der Waals surface area contributed by atoms with Gasteiger partial charge in [-0.3, -0.25) is 19.4 Å². The Labute approximate surface area is 337 Å². The van der Waals surface area contributed by atoms with Crippen molar-refractivity contribution in [3.8, 4) is 22.8 Å². The lowest BCUT2D eigenvalue weighted by atomic mass is 9.83. The van der Waals surface area contributed by atoms with Crippen LogP contribution in [0.4, 0.5) is 30.7 Å². The summed E-state index contributed by atoms with van der Waals surface area (Å²) in [6, 6.07) is 9.42. The number of alkyl halides is 5. The number of aromatic nitrogens is 1. The van der Waals surface area contributed by atoms with E-state index in [-0.39, 0.29) is 79.0 Å². The second-order valence-corrected chi connectivity index (χ2v) is 15.1.